The molecule has 0 aliphatic heterocycles. The minimum Gasteiger partial charge on any atom is -0.399 e. The Balaban J connectivity index is 2.27. The zero-order chi connectivity index (χ0) is 14.2. The molecule has 0 saturated heterocycles. The maximum Gasteiger partial charge on any atom is 0.250 e. The van der Waals surface area contributed by atoms with Crippen molar-refractivity contribution >= 4 is 28.9 Å². The third-order valence-corrected chi connectivity index (χ3v) is 3.99. The molecule has 1 atom stereocenters. The van der Waals surface area contributed by atoms with Gasteiger partial charge in [0.2, 0.25) is 0 Å². The number of primary amides is 1. The number of nitrogen functional groups attached to an aromatic ring is 1. The van der Waals surface area contributed by atoms with Gasteiger partial charge in [-0.2, -0.15) is 0 Å². The van der Waals surface area contributed by atoms with Crippen molar-refractivity contribution < 1.29 is 4.79 Å². The summed E-state index contributed by atoms with van der Waals surface area (Å²) in [4.78, 5) is 11.5. The number of hydrogen-bond donors (Lipinski definition) is 3. The van der Waals surface area contributed by atoms with Crippen molar-refractivity contribution in [2.75, 3.05) is 11.1 Å². The Labute approximate surface area is 118 Å². The van der Waals surface area contributed by atoms with Crippen LogP contribution < -0.4 is 16.8 Å². The van der Waals surface area contributed by atoms with E-state index in [0.717, 1.165) is 19.3 Å². The van der Waals surface area contributed by atoms with Crippen LogP contribution in [0.1, 0.15) is 43.5 Å². The predicted octanol–water partition coefficient (Wildman–Crippen LogP) is 3.01. The Morgan fingerprint density at radius 1 is 1.47 bits per heavy atom. The van der Waals surface area contributed by atoms with Gasteiger partial charge in [-0.15, -0.1) is 0 Å². The minimum atomic E-state index is -0.519. The summed E-state index contributed by atoms with van der Waals surface area (Å²) in [7, 11) is 0. The van der Waals surface area contributed by atoms with Crippen molar-refractivity contribution in [2.45, 2.75) is 39.2 Å². The van der Waals surface area contributed by atoms with Crippen molar-refractivity contribution in [3.8, 4) is 0 Å². The fourth-order valence-corrected chi connectivity index (χ4v) is 3.01. The van der Waals surface area contributed by atoms with Crippen LogP contribution in [0.3, 0.4) is 0 Å². The maximum absolute atomic E-state index is 11.5. The third-order valence-electron chi connectivity index (χ3n) is 3.70. The van der Waals surface area contributed by atoms with Gasteiger partial charge in [0, 0.05) is 11.7 Å². The number of carbonyl (C=O) groups is 1. The SMILES string of the molecule is CC1(C)CCC(Nc2c(Cl)cc(N)cc2C(N)=O)C1. The zero-order valence-electron chi connectivity index (χ0n) is 11.3. The van der Waals surface area contributed by atoms with Gasteiger partial charge in [0.15, 0.2) is 0 Å². The summed E-state index contributed by atoms with van der Waals surface area (Å²) in [5.74, 6) is -0.519. The van der Waals surface area contributed by atoms with Gasteiger partial charge >= 0.3 is 0 Å². The van der Waals surface area contributed by atoms with E-state index in [0.29, 0.717) is 33.4 Å². The van der Waals surface area contributed by atoms with Crippen molar-refractivity contribution in [3.05, 3.63) is 22.7 Å². The molecule has 1 amide bonds. The molecule has 2 rings (SSSR count). The first-order chi connectivity index (χ1) is 8.78. The number of benzene rings is 1. The van der Waals surface area contributed by atoms with Crippen molar-refractivity contribution in [1.82, 2.24) is 0 Å². The average Bonchev–Trinajstić information content (AvgIpc) is 2.61. The molecular weight excluding hydrogens is 262 g/mol. The van der Waals surface area contributed by atoms with Gasteiger partial charge < -0.3 is 16.8 Å². The molecule has 1 aliphatic rings. The molecule has 1 aromatic carbocycles. The average molecular weight is 282 g/mol. The van der Waals surface area contributed by atoms with Crippen LogP contribution in [0.15, 0.2) is 12.1 Å². The first-order valence-corrected chi connectivity index (χ1v) is 6.82. The monoisotopic (exact) mass is 281 g/mol. The molecule has 104 valence electrons. The highest BCUT2D eigenvalue weighted by atomic mass is 35.5. The topological polar surface area (TPSA) is 81.1 Å². The minimum absolute atomic E-state index is 0.314. The van der Waals surface area contributed by atoms with Crippen molar-refractivity contribution in [1.29, 1.82) is 0 Å². The number of nitrogens with two attached hydrogens (primary N) is 2. The van der Waals surface area contributed by atoms with E-state index in [1.807, 2.05) is 0 Å². The number of rotatable bonds is 3. The van der Waals surface area contributed by atoms with Crippen LogP contribution in [0.25, 0.3) is 0 Å². The van der Waals surface area contributed by atoms with Gasteiger partial charge in [0.25, 0.3) is 5.91 Å². The molecule has 5 heteroatoms. The highest BCUT2D eigenvalue weighted by molar-refractivity contribution is 6.34. The molecule has 0 aromatic heterocycles. The van der Waals surface area contributed by atoms with E-state index >= 15 is 0 Å². The molecule has 1 saturated carbocycles. The molecule has 19 heavy (non-hydrogen) atoms. The van der Waals surface area contributed by atoms with Crippen LogP contribution in [0.2, 0.25) is 5.02 Å². The Kier molecular flexibility index (Phi) is 3.63. The summed E-state index contributed by atoms with van der Waals surface area (Å²) in [6.07, 6.45) is 3.26. The molecule has 0 spiro atoms. The second-order valence-corrected chi connectivity index (χ2v) is 6.45. The molecule has 5 N–H and O–H groups in total. The summed E-state index contributed by atoms with van der Waals surface area (Å²) in [5, 5.41) is 3.80. The zero-order valence-corrected chi connectivity index (χ0v) is 12.1. The summed E-state index contributed by atoms with van der Waals surface area (Å²) in [5.41, 5.74) is 12.8. The smallest absolute Gasteiger partial charge is 0.250 e. The standard InChI is InChI=1S/C14H20ClN3O/c1-14(2)4-3-9(7-14)18-12-10(13(17)19)5-8(16)6-11(12)15/h5-6,9,18H,3-4,7,16H2,1-2H3,(H2,17,19). The van der Waals surface area contributed by atoms with E-state index in [1.165, 1.54) is 0 Å². The number of nitrogens with one attached hydrogen (secondary N) is 1. The Morgan fingerprint density at radius 2 is 2.16 bits per heavy atom. The Bertz CT molecular complexity index is 514. The molecule has 1 aromatic rings. The van der Waals surface area contributed by atoms with E-state index in [9.17, 15) is 4.79 Å². The number of carbonyl (C=O) groups excluding carboxylic acids is 1. The summed E-state index contributed by atoms with van der Waals surface area (Å²) < 4.78 is 0. The summed E-state index contributed by atoms with van der Waals surface area (Å²) >= 11 is 6.18. The lowest BCUT2D eigenvalue weighted by molar-refractivity contribution is 0.100. The predicted molar refractivity (Wildman–Crippen MR) is 79.4 cm³/mol. The summed E-state index contributed by atoms with van der Waals surface area (Å²) in [6, 6.07) is 3.52. The highest BCUT2D eigenvalue weighted by Crippen LogP contribution is 2.40. The molecule has 0 bridgehead atoms. The number of halogens is 1. The van der Waals surface area contributed by atoms with Crippen LogP contribution in [0, 0.1) is 5.41 Å². The second-order valence-electron chi connectivity index (χ2n) is 6.04. The van der Waals surface area contributed by atoms with Crippen LogP contribution in [0.5, 0.6) is 0 Å². The fraction of sp³-hybridized carbons (Fsp3) is 0.500. The molecule has 0 heterocycles. The lowest BCUT2D eigenvalue weighted by atomic mass is 9.92. The number of hydrogen-bond acceptors (Lipinski definition) is 3. The first kappa shape index (κ1) is 14.0. The van der Waals surface area contributed by atoms with E-state index in [-0.39, 0.29) is 0 Å². The van der Waals surface area contributed by atoms with Crippen LogP contribution in [-0.2, 0) is 0 Å². The Morgan fingerprint density at radius 3 is 2.68 bits per heavy atom. The summed E-state index contributed by atoms with van der Waals surface area (Å²) in [6.45, 7) is 4.49. The maximum atomic E-state index is 11.5. The molecular formula is C14H20ClN3O. The lowest BCUT2D eigenvalue weighted by Crippen LogP contribution is -2.21. The lowest BCUT2D eigenvalue weighted by Gasteiger charge is -2.20. The van der Waals surface area contributed by atoms with E-state index < -0.39 is 5.91 Å². The van der Waals surface area contributed by atoms with E-state index in [1.54, 1.807) is 12.1 Å². The van der Waals surface area contributed by atoms with E-state index in [2.05, 4.69) is 19.2 Å². The van der Waals surface area contributed by atoms with Crippen LogP contribution >= 0.6 is 11.6 Å². The molecule has 0 radical (unpaired) electrons. The van der Waals surface area contributed by atoms with Gasteiger partial charge in [0.05, 0.1) is 16.3 Å². The van der Waals surface area contributed by atoms with Gasteiger partial charge in [0.1, 0.15) is 0 Å². The first-order valence-electron chi connectivity index (χ1n) is 6.44. The van der Waals surface area contributed by atoms with Crippen molar-refractivity contribution in [3.63, 3.8) is 0 Å². The normalized spacial score (nSPS) is 21.3. The van der Waals surface area contributed by atoms with Gasteiger partial charge in [-0.3, -0.25) is 4.79 Å². The van der Waals surface area contributed by atoms with E-state index in [4.69, 9.17) is 23.1 Å². The van der Waals surface area contributed by atoms with Crippen LogP contribution in [-0.4, -0.2) is 11.9 Å². The molecule has 1 unspecified atom stereocenters. The third kappa shape index (κ3) is 3.13. The van der Waals surface area contributed by atoms with Gasteiger partial charge in [-0.1, -0.05) is 25.4 Å². The second kappa shape index (κ2) is 4.93. The van der Waals surface area contributed by atoms with Gasteiger partial charge in [-0.25, -0.2) is 0 Å². The quantitative estimate of drug-likeness (QED) is 0.745. The number of amides is 1. The fourth-order valence-electron chi connectivity index (χ4n) is 2.73. The Hall–Kier alpha value is -1.42. The molecule has 1 aliphatic carbocycles. The largest absolute Gasteiger partial charge is 0.399 e. The highest BCUT2D eigenvalue weighted by Gasteiger charge is 2.31. The number of anilines is 2. The molecule has 1 fully saturated rings. The molecule has 4 nitrogen and oxygen atoms in total. The van der Waals surface area contributed by atoms with Crippen LogP contribution in [0.4, 0.5) is 11.4 Å². The van der Waals surface area contributed by atoms with Crippen molar-refractivity contribution in [2.24, 2.45) is 11.1 Å². The van der Waals surface area contributed by atoms with Gasteiger partial charge in [-0.05, 0) is 36.8 Å².